The average molecular weight is 249 g/mol. The topological polar surface area (TPSA) is 33.5 Å². The van der Waals surface area contributed by atoms with Crippen LogP contribution in [-0.4, -0.2) is 23.4 Å². The fourth-order valence-corrected chi connectivity index (χ4v) is 1.73. The Kier molecular flexibility index (Phi) is 6.26. The zero-order chi connectivity index (χ0) is 13.4. The second-order valence-electron chi connectivity index (χ2n) is 4.49. The van der Waals surface area contributed by atoms with E-state index in [1.807, 2.05) is 17.0 Å². The predicted molar refractivity (Wildman–Crippen MR) is 74.1 cm³/mol. The molecule has 3 heteroatoms. The third-order valence-electron chi connectivity index (χ3n) is 3.09. The summed E-state index contributed by atoms with van der Waals surface area (Å²) in [6, 6.07) is 3.93. The van der Waals surface area contributed by atoms with Gasteiger partial charge in [-0.05, 0) is 38.0 Å². The second kappa shape index (κ2) is 7.75. The summed E-state index contributed by atoms with van der Waals surface area (Å²) < 4.78 is 5.17. The molecular formula is C15H23NO2. The number of furan rings is 1. The lowest BCUT2D eigenvalue weighted by molar-refractivity contribution is -0.128. The fraction of sp³-hybridized carbons (Fsp3) is 0.533. The van der Waals surface area contributed by atoms with E-state index in [4.69, 9.17) is 4.42 Å². The molecule has 0 aromatic carbocycles. The van der Waals surface area contributed by atoms with Gasteiger partial charge < -0.3 is 9.32 Å². The minimum absolute atomic E-state index is 0.0641. The molecule has 1 atom stereocenters. The Morgan fingerprint density at radius 1 is 1.50 bits per heavy atom. The van der Waals surface area contributed by atoms with Crippen molar-refractivity contribution in [2.24, 2.45) is 0 Å². The molecule has 0 fully saturated rings. The van der Waals surface area contributed by atoms with Gasteiger partial charge in [0.05, 0.1) is 6.26 Å². The first-order valence-electron chi connectivity index (χ1n) is 6.71. The highest BCUT2D eigenvalue weighted by atomic mass is 16.3. The van der Waals surface area contributed by atoms with E-state index in [9.17, 15) is 4.79 Å². The normalized spacial score (nSPS) is 12.8. The van der Waals surface area contributed by atoms with Crippen LogP contribution in [0.5, 0.6) is 0 Å². The van der Waals surface area contributed by atoms with Crippen LogP contribution in [0.1, 0.15) is 45.8 Å². The molecule has 18 heavy (non-hydrogen) atoms. The van der Waals surface area contributed by atoms with Crippen LogP contribution in [0.15, 0.2) is 28.9 Å². The van der Waals surface area contributed by atoms with Gasteiger partial charge in [-0.25, -0.2) is 0 Å². The summed E-state index contributed by atoms with van der Waals surface area (Å²) in [5.41, 5.74) is 0. The predicted octanol–water partition coefficient (Wildman–Crippen LogP) is 3.72. The molecule has 3 nitrogen and oxygen atoms in total. The SMILES string of the molecule is CCCCN(C(=O)/C=C/c1ccco1)C(C)CC. The average Bonchev–Trinajstić information content (AvgIpc) is 2.89. The Morgan fingerprint density at radius 3 is 2.83 bits per heavy atom. The summed E-state index contributed by atoms with van der Waals surface area (Å²) in [4.78, 5) is 14.1. The highest BCUT2D eigenvalue weighted by Gasteiger charge is 2.15. The molecule has 0 radical (unpaired) electrons. The van der Waals surface area contributed by atoms with Crippen molar-refractivity contribution >= 4 is 12.0 Å². The monoisotopic (exact) mass is 249 g/mol. The third-order valence-corrected chi connectivity index (χ3v) is 3.09. The van der Waals surface area contributed by atoms with Crippen LogP contribution in [-0.2, 0) is 4.79 Å². The van der Waals surface area contributed by atoms with Crippen LogP contribution in [0.2, 0.25) is 0 Å². The van der Waals surface area contributed by atoms with Crippen molar-refractivity contribution in [2.45, 2.75) is 46.1 Å². The van der Waals surface area contributed by atoms with Gasteiger partial charge in [0.1, 0.15) is 5.76 Å². The third kappa shape index (κ3) is 4.40. The molecule has 0 saturated carbocycles. The highest BCUT2D eigenvalue weighted by Crippen LogP contribution is 2.09. The first kappa shape index (κ1) is 14.6. The van der Waals surface area contributed by atoms with Gasteiger partial charge in [-0.15, -0.1) is 0 Å². The quantitative estimate of drug-likeness (QED) is 0.690. The van der Waals surface area contributed by atoms with E-state index in [-0.39, 0.29) is 11.9 Å². The van der Waals surface area contributed by atoms with Crippen molar-refractivity contribution < 1.29 is 9.21 Å². The van der Waals surface area contributed by atoms with E-state index in [0.29, 0.717) is 5.76 Å². The molecule has 0 saturated heterocycles. The number of hydrogen-bond donors (Lipinski definition) is 0. The first-order chi connectivity index (χ1) is 8.69. The van der Waals surface area contributed by atoms with Gasteiger partial charge in [0.25, 0.3) is 0 Å². The molecule has 1 unspecified atom stereocenters. The van der Waals surface area contributed by atoms with Crippen LogP contribution >= 0.6 is 0 Å². The van der Waals surface area contributed by atoms with Crippen molar-refractivity contribution in [3.8, 4) is 0 Å². The fourth-order valence-electron chi connectivity index (χ4n) is 1.73. The lowest BCUT2D eigenvalue weighted by Gasteiger charge is -2.27. The Bertz CT molecular complexity index is 368. The maximum atomic E-state index is 12.1. The number of amides is 1. The minimum atomic E-state index is 0.0641. The lowest BCUT2D eigenvalue weighted by atomic mass is 10.2. The van der Waals surface area contributed by atoms with Gasteiger partial charge >= 0.3 is 0 Å². The molecule has 0 N–H and O–H groups in total. The number of carbonyl (C=O) groups is 1. The van der Waals surface area contributed by atoms with Crippen molar-refractivity contribution in [2.75, 3.05) is 6.54 Å². The van der Waals surface area contributed by atoms with Crippen LogP contribution in [0.4, 0.5) is 0 Å². The molecule has 1 aromatic rings. The molecule has 100 valence electrons. The zero-order valence-electron chi connectivity index (χ0n) is 11.6. The van der Waals surface area contributed by atoms with Gasteiger partial charge in [0.2, 0.25) is 5.91 Å². The minimum Gasteiger partial charge on any atom is -0.465 e. The molecule has 1 rings (SSSR count). The van der Waals surface area contributed by atoms with E-state index in [0.717, 1.165) is 25.8 Å². The van der Waals surface area contributed by atoms with Crippen LogP contribution in [0, 0.1) is 0 Å². The van der Waals surface area contributed by atoms with Gasteiger partial charge in [0.15, 0.2) is 0 Å². The van der Waals surface area contributed by atoms with E-state index >= 15 is 0 Å². The zero-order valence-corrected chi connectivity index (χ0v) is 11.6. The Balaban J connectivity index is 2.63. The first-order valence-corrected chi connectivity index (χ1v) is 6.71. The maximum Gasteiger partial charge on any atom is 0.246 e. The van der Waals surface area contributed by atoms with Crippen molar-refractivity contribution in [1.29, 1.82) is 0 Å². The summed E-state index contributed by atoms with van der Waals surface area (Å²) in [5, 5.41) is 0. The molecule has 0 aliphatic heterocycles. The standard InChI is InChI=1S/C15H23NO2/c1-4-6-11-16(13(3)5-2)15(17)10-9-14-8-7-12-18-14/h7-10,12-13H,4-6,11H2,1-3H3/b10-9+. The molecular weight excluding hydrogens is 226 g/mol. The maximum absolute atomic E-state index is 12.1. The molecule has 1 amide bonds. The number of unbranched alkanes of at least 4 members (excludes halogenated alkanes) is 1. The Hall–Kier alpha value is -1.51. The second-order valence-corrected chi connectivity index (χ2v) is 4.49. The Morgan fingerprint density at radius 2 is 2.28 bits per heavy atom. The van der Waals surface area contributed by atoms with E-state index in [1.54, 1.807) is 18.4 Å². The van der Waals surface area contributed by atoms with Crippen LogP contribution < -0.4 is 0 Å². The Labute approximate surface area is 109 Å². The van der Waals surface area contributed by atoms with Gasteiger partial charge in [-0.2, -0.15) is 0 Å². The van der Waals surface area contributed by atoms with Crippen molar-refractivity contribution in [1.82, 2.24) is 4.90 Å². The smallest absolute Gasteiger partial charge is 0.246 e. The largest absolute Gasteiger partial charge is 0.465 e. The number of hydrogen-bond acceptors (Lipinski definition) is 2. The molecule has 0 aliphatic rings. The molecule has 1 heterocycles. The van der Waals surface area contributed by atoms with Gasteiger partial charge in [0, 0.05) is 18.7 Å². The van der Waals surface area contributed by atoms with Gasteiger partial charge in [-0.3, -0.25) is 4.79 Å². The summed E-state index contributed by atoms with van der Waals surface area (Å²) in [6.07, 6.45) is 8.05. The van der Waals surface area contributed by atoms with Crippen LogP contribution in [0.3, 0.4) is 0 Å². The lowest BCUT2D eigenvalue weighted by Crippen LogP contribution is -2.37. The number of rotatable bonds is 7. The van der Waals surface area contributed by atoms with Crippen molar-refractivity contribution in [3.63, 3.8) is 0 Å². The number of carbonyl (C=O) groups excluding carboxylic acids is 1. The summed E-state index contributed by atoms with van der Waals surface area (Å²) in [6.45, 7) is 7.16. The summed E-state index contributed by atoms with van der Waals surface area (Å²) in [5.74, 6) is 0.775. The molecule has 0 spiro atoms. The van der Waals surface area contributed by atoms with E-state index in [1.165, 1.54) is 0 Å². The summed E-state index contributed by atoms with van der Waals surface area (Å²) >= 11 is 0. The molecule has 1 aromatic heterocycles. The van der Waals surface area contributed by atoms with E-state index in [2.05, 4.69) is 20.8 Å². The van der Waals surface area contributed by atoms with Crippen LogP contribution in [0.25, 0.3) is 6.08 Å². The highest BCUT2D eigenvalue weighted by molar-refractivity contribution is 5.91. The van der Waals surface area contributed by atoms with Crippen molar-refractivity contribution in [3.05, 3.63) is 30.2 Å². The molecule has 0 bridgehead atoms. The van der Waals surface area contributed by atoms with Gasteiger partial charge in [-0.1, -0.05) is 20.3 Å². The summed E-state index contributed by atoms with van der Waals surface area (Å²) in [7, 11) is 0. The number of nitrogens with zero attached hydrogens (tertiary/aromatic N) is 1. The van der Waals surface area contributed by atoms with E-state index < -0.39 is 0 Å². The molecule has 0 aliphatic carbocycles.